The zero-order valence-electron chi connectivity index (χ0n) is 16.6. The second kappa shape index (κ2) is 10.7. The molecule has 1 N–H and O–H groups in total. The molecule has 0 atom stereocenters. The zero-order chi connectivity index (χ0) is 18.1. The van der Waals surface area contributed by atoms with Crippen LogP contribution in [0.4, 0.5) is 0 Å². The summed E-state index contributed by atoms with van der Waals surface area (Å²) in [5.41, 5.74) is 5.42. The van der Waals surface area contributed by atoms with Crippen LogP contribution in [0.25, 0.3) is 5.57 Å². The summed E-state index contributed by atoms with van der Waals surface area (Å²) in [6.45, 7) is 14.8. The number of nitrogens with zero attached hydrogens (tertiary/aromatic N) is 1. The molecule has 0 saturated heterocycles. The van der Waals surface area contributed by atoms with E-state index in [1.807, 2.05) is 0 Å². The Morgan fingerprint density at radius 1 is 1.17 bits per heavy atom. The monoisotopic (exact) mass is 331 g/mol. The van der Waals surface area contributed by atoms with Gasteiger partial charge < -0.3 is 5.11 Å². The summed E-state index contributed by atoms with van der Waals surface area (Å²) in [7, 11) is 0. The molecule has 1 aromatic rings. The lowest BCUT2D eigenvalue weighted by molar-refractivity contribution is 0.179. The SMILES string of the molecule is CCC/C=C(/CCN(C(C)C)C(C)C)c1c(C)cccc1CCO. The highest BCUT2D eigenvalue weighted by molar-refractivity contribution is 5.71. The number of unbranched alkanes of at least 4 members (excludes halogenated alkanes) is 1. The predicted octanol–water partition coefficient (Wildman–Crippen LogP) is 5.22. The molecule has 24 heavy (non-hydrogen) atoms. The number of aliphatic hydroxyl groups excluding tert-OH is 1. The standard InChI is InChI=1S/C22H37NO/c1-7-8-11-20(13-15-23(17(2)3)18(4)5)22-19(6)10-9-12-21(22)14-16-24/h9-12,17-18,24H,7-8,13-16H2,1-6H3/b20-11-. The summed E-state index contributed by atoms with van der Waals surface area (Å²) in [5.74, 6) is 0. The summed E-state index contributed by atoms with van der Waals surface area (Å²) in [6, 6.07) is 7.59. The van der Waals surface area contributed by atoms with Gasteiger partial charge in [-0.15, -0.1) is 0 Å². The molecule has 0 unspecified atom stereocenters. The fourth-order valence-corrected chi connectivity index (χ4v) is 3.53. The van der Waals surface area contributed by atoms with Crippen molar-refractivity contribution in [1.82, 2.24) is 4.90 Å². The Morgan fingerprint density at radius 3 is 2.38 bits per heavy atom. The van der Waals surface area contributed by atoms with Gasteiger partial charge in [-0.3, -0.25) is 4.90 Å². The molecule has 0 aromatic heterocycles. The van der Waals surface area contributed by atoms with Gasteiger partial charge in [0.2, 0.25) is 0 Å². The van der Waals surface area contributed by atoms with Gasteiger partial charge in [-0.05, 0) is 76.1 Å². The fraction of sp³-hybridized carbons (Fsp3) is 0.636. The Kier molecular flexibility index (Phi) is 9.31. The van der Waals surface area contributed by atoms with E-state index in [1.165, 1.54) is 28.7 Å². The van der Waals surface area contributed by atoms with Crippen molar-refractivity contribution >= 4 is 5.57 Å². The number of hydrogen-bond acceptors (Lipinski definition) is 2. The minimum absolute atomic E-state index is 0.210. The van der Waals surface area contributed by atoms with Gasteiger partial charge >= 0.3 is 0 Å². The molecular formula is C22H37NO. The largest absolute Gasteiger partial charge is 0.396 e. The molecule has 0 heterocycles. The summed E-state index contributed by atoms with van der Waals surface area (Å²) >= 11 is 0. The predicted molar refractivity (Wildman–Crippen MR) is 106 cm³/mol. The van der Waals surface area contributed by atoms with Gasteiger partial charge in [-0.1, -0.05) is 37.6 Å². The highest BCUT2D eigenvalue weighted by Gasteiger charge is 2.16. The van der Waals surface area contributed by atoms with Crippen molar-refractivity contribution in [2.24, 2.45) is 0 Å². The van der Waals surface area contributed by atoms with Crippen LogP contribution in [-0.2, 0) is 6.42 Å². The van der Waals surface area contributed by atoms with E-state index in [0.29, 0.717) is 12.1 Å². The fourth-order valence-electron chi connectivity index (χ4n) is 3.53. The number of aryl methyl sites for hydroxylation is 1. The molecule has 1 rings (SSSR count). The van der Waals surface area contributed by atoms with Crippen LogP contribution < -0.4 is 0 Å². The summed E-state index contributed by atoms with van der Waals surface area (Å²) in [6.07, 6.45) is 6.51. The van der Waals surface area contributed by atoms with E-state index in [-0.39, 0.29) is 6.61 Å². The van der Waals surface area contributed by atoms with Crippen molar-refractivity contribution in [3.8, 4) is 0 Å². The third-order valence-electron chi connectivity index (χ3n) is 4.71. The number of allylic oxidation sites excluding steroid dienone is 1. The van der Waals surface area contributed by atoms with E-state index in [1.54, 1.807) is 0 Å². The van der Waals surface area contributed by atoms with E-state index in [0.717, 1.165) is 25.8 Å². The van der Waals surface area contributed by atoms with E-state index in [9.17, 15) is 5.11 Å². The first kappa shape index (κ1) is 20.9. The first-order chi connectivity index (χ1) is 11.4. The van der Waals surface area contributed by atoms with Crippen LogP contribution in [0.2, 0.25) is 0 Å². The Balaban J connectivity index is 3.11. The van der Waals surface area contributed by atoms with Crippen molar-refractivity contribution < 1.29 is 5.11 Å². The molecule has 0 saturated carbocycles. The molecule has 2 nitrogen and oxygen atoms in total. The maximum atomic E-state index is 9.43. The van der Waals surface area contributed by atoms with Gasteiger partial charge in [0.15, 0.2) is 0 Å². The van der Waals surface area contributed by atoms with Gasteiger partial charge in [0, 0.05) is 25.2 Å². The molecule has 2 heteroatoms. The molecule has 0 bridgehead atoms. The molecule has 0 amide bonds. The lowest BCUT2D eigenvalue weighted by atomic mass is 9.90. The summed E-state index contributed by atoms with van der Waals surface area (Å²) in [5, 5.41) is 9.43. The van der Waals surface area contributed by atoms with E-state index in [4.69, 9.17) is 0 Å². The van der Waals surface area contributed by atoms with Crippen LogP contribution in [0.1, 0.15) is 70.6 Å². The van der Waals surface area contributed by atoms with Crippen LogP contribution in [-0.4, -0.2) is 35.2 Å². The second-order valence-electron chi connectivity index (χ2n) is 7.28. The number of hydrogen-bond donors (Lipinski definition) is 1. The van der Waals surface area contributed by atoms with E-state index in [2.05, 4.69) is 70.7 Å². The van der Waals surface area contributed by atoms with Gasteiger partial charge in [0.25, 0.3) is 0 Å². The number of benzene rings is 1. The van der Waals surface area contributed by atoms with Crippen LogP contribution in [0.15, 0.2) is 24.3 Å². The second-order valence-corrected chi connectivity index (χ2v) is 7.28. The third kappa shape index (κ3) is 6.07. The minimum atomic E-state index is 0.210. The topological polar surface area (TPSA) is 23.5 Å². The average molecular weight is 332 g/mol. The van der Waals surface area contributed by atoms with Gasteiger partial charge in [0.05, 0.1) is 0 Å². The Bertz CT molecular complexity index is 509. The third-order valence-corrected chi connectivity index (χ3v) is 4.71. The van der Waals surface area contributed by atoms with E-state index >= 15 is 0 Å². The Morgan fingerprint density at radius 2 is 1.83 bits per heavy atom. The van der Waals surface area contributed by atoms with Gasteiger partial charge in [-0.2, -0.15) is 0 Å². The van der Waals surface area contributed by atoms with Crippen LogP contribution in [0.3, 0.4) is 0 Å². The van der Waals surface area contributed by atoms with Crippen LogP contribution >= 0.6 is 0 Å². The smallest absolute Gasteiger partial charge is 0.0471 e. The normalized spacial score (nSPS) is 12.7. The molecule has 0 spiro atoms. The summed E-state index contributed by atoms with van der Waals surface area (Å²) in [4.78, 5) is 2.56. The summed E-state index contributed by atoms with van der Waals surface area (Å²) < 4.78 is 0. The van der Waals surface area contributed by atoms with Crippen LogP contribution in [0, 0.1) is 6.92 Å². The van der Waals surface area contributed by atoms with Crippen molar-refractivity contribution in [3.05, 3.63) is 41.0 Å². The number of rotatable bonds is 10. The van der Waals surface area contributed by atoms with Crippen molar-refractivity contribution in [2.45, 2.75) is 79.3 Å². The van der Waals surface area contributed by atoms with Crippen LogP contribution in [0.5, 0.6) is 0 Å². The van der Waals surface area contributed by atoms with Gasteiger partial charge in [0.1, 0.15) is 0 Å². The lowest BCUT2D eigenvalue weighted by Gasteiger charge is -2.31. The van der Waals surface area contributed by atoms with Gasteiger partial charge in [-0.25, -0.2) is 0 Å². The van der Waals surface area contributed by atoms with E-state index < -0.39 is 0 Å². The number of aliphatic hydroxyl groups is 1. The van der Waals surface area contributed by atoms with Crippen molar-refractivity contribution in [3.63, 3.8) is 0 Å². The molecule has 0 fully saturated rings. The molecule has 136 valence electrons. The average Bonchev–Trinajstić information content (AvgIpc) is 2.51. The Labute approximate surface area is 149 Å². The lowest BCUT2D eigenvalue weighted by Crippen LogP contribution is -2.37. The minimum Gasteiger partial charge on any atom is -0.396 e. The quantitative estimate of drug-likeness (QED) is 0.635. The van der Waals surface area contributed by atoms with Crippen molar-refractivity contribution in [2.75, 3.05) is 13.2 Å². The zero-order valence-corrected chi connectivity index (χ0v) is 16.6. The molecule has 1 aromatic carbocycles. The Hall–Kier alpha value is -1.12. The molecule has 0 aliphatic rings. The van der Waals surface area contributed by atoms with Crippen molar-refractivity contribution in [1.29, 1.82) is 0 Å². The highest BCUT2D eigenvalue weighted by atomic mass is 16.2. The first-order valence-corrected chi connectivity index (χ1v) is 9.56. The maximum absolute atomic E-state index is 9.43. The maximum Gasteiger partial charge on any atom is 0.0471 e. The molecule has 0 aliphatic heterocycles. The molecular weight excluding hydrogens is 294 g/mol. The highest BCUT2D eigenvalue weighted by Crippen LogP contribution is 2.28. The molecule has 0 radical (unpaired) electrons. The molecule has 0 aliphatic carbocycles. The first-order valence-electron chi connectivity index (χ1n) is 9.56.